The highest BCUT2D eigenvalue weighted by atomic mass is 32.2. The Bertz CT molecular complexity index is 637. The molecule has 1 fully saturated rings. The zero-order valence-electron chi connectivity index (χ0n) is 12.1. The maximum absolute atomic E-state index is 12.3. The van der Waals surface area contributed by atoms with Crippen LogP contribution in [0.2, 0.25) is 0 Å². The Labute approximate surface area is 128 Å². The first kappa shape index (κ1) is 14.0. The summed E-state index contributed by atoms with van der Waals surface area (Å²) in [6, 6.07) is 16.0. The molecule has 21 heavy (non-hydrogen) atoms. The first-order valence-electron chi connectivity index (χ1n) is 6.83. The molecular formula is C17H17NO2S. The van der Waals surface area contributed by atoms with Gasteiger partial charge in [-0.2, -0.15) is 0 Å². The molecule has 4 heteroatoms. The number of amides is 1. The van der Waals surface area contributed by atoms with Gasteiger partial charge in [-0.25, -0.2) is 0 Å². The van der Waals surface area contributed by atoms with E-state index in [1.54, 1.807) is 18.9 Å². The van der Waals surface area contributed by atoms with E-state index in [1.807, 2.05) is 29.2 Å². The fraction of sp³-hybridized carbons (Fsp3) is 0.235. The van der Waals surface area contributed by atoms with Gasteiger partial charge in [0.25, 0.3) is 0 Å². The molecule has 1 atom stereocenters. The highest BCUT2D eigenvalue weighted by molar-refractivity contribution is 8.00. The third-order valence-corrected chi connectivity index (χ3v) is 4.79. The minimum Gasteiger partial charge on any atom is -0.497 e. The molecule has 0 saturated carbocycles. The third kappa shape index (κ3) is 2.76. The highest BCUT2D eigenvalue weighted by Gasteiger charge is 2.33. The van der Waals surface area contributed by atoms with Crippen molar-refractivity contribution in [3.05, 3.63) is 59.7 Å². The molecule has 1 heterocycles. The molecular weight excluding hydrogens is 282 g/mol. The summed E-state index contributed by atoms with van der Waals surface area (Å²) in [4.78, 5) is 14.1. The molecule has 0 spiro atoms. The first-order chi connectivity index (χ1) is 10.2. The van der Waals surface area contributed by atoms with Gasteiger partial charge < -0.3 is 4.74 Å². The van der Waals surface area contributed by atoms with Crippen LogP contribution in [0.5, 0.6) is 5.75 Å². The lowest BCUT2D eigenvalue weighted by Gasteiger charge is -2.24. The van der Waals surface area contributed by atoms with Gasteiger partial charge >= 0.3 is 0 Å². The highest BCUT2D eigenvalue weighted by Crippen LogP contribution is 2.41. The molecule has 1 aliphatic rings. The number of carbonyl (C=O) groups excluding carboxylic acids is 1. The molecule has 0 N–H and O–H groups in total. The average Bonchev–Trinajstić information content (AvgIpc) is 2.90. The first-order valence-corrected chi connectivity index (χ1v) is 7.88. The summed E-state index contributed by atoms with van der Waals surface area (Å²) in [5.41, 5.74) is 3.30. The quantitative estimate of drug-likeness (QED) is 0.864. The van der Waals surface area contributed by atoms with Gasteiger partial charge in [0.05, 0.1) is 12.9 Å². The number of nitrogens with zero attached hydrogens (tertiary/aromatic N) is 1. The van der Waals surface area contributed by atoms with Gasteiger partial charge in [-0.15, -0.1) is 11.8 Å². The summed E-state index contributed by atoms with van der Waals surface area (Å²) in [6.45, 7) is 2.07. The number of anilines is 1. The topological polar surface area (TPSA) is 29.5 Å². The van der Waals surface area contributed by atoms with Crippen LogP contribution >= 0.6 is 11.8 Å². The second-order valence-corrected chi connectivity index (χ2v) is 6.10. The normalized spacial score (nSPS) is 18.1. The minimum atomic E-state index is 0.0477. The number of thioether (sulfide) groups is 1. The summed E-state index contributed by atoms with van der Waals surface area (Å²) in [5.74, 6) is 1.46. The van der Waals surface area contributed by atoms with Crippen LogP contribution in [0.1, 0.15) is 16.5 Å². The van der Waals surface area contributed by atoms with Crippen molar-refractivity contribution in [1.29, 1.82) is 0 Å². The van der Waals surface area contributed by atoms with Crippen LogP contribution in [0.4, 0.5) is 5.69 Å². The lowest BCUT2D eigenvalue weighted by molar-refractivity contribution is -0.115. The molecule has 1 saturated heterocycles. The Hall–Kier alpha value is -1.94. The van der Waals surface area contributed by atoms with Crippen LogP contribution in [0.25, 0.3) is 0 Å². The number of benzene rings is 2. The van der Waals surface area contributed by atoms with Gasteiger partial charge in [-0.05, 0) is 36.8 Å². The van der Waals surface area contributed by atoms with Gasteiger partial charge in [-0.1, -0.05) is 29.8 Å². The number of carbonyl (C=O) groups is 1. The van der Waals surface area contributed by atoms with Crippen LogP contribution in [0.3, 0.4) is 0 Å². The predicted molar refractivity (Wildman–Crippen MR) is 86.9 cm³/mol. The van der Waals surface area contributed by atoms with Crippen molar-refractivity contribution in [2.24, 2.45) is 0 Å². The number of hydrogen-bond donors (Lipinski definition) is 0. The van der Waals surface area contributed by atoms with Crippen LogP contribution in [-0.2, 0) is 4.79 Å². The molecule has 3 rings (SSSR count). The van der Waals surface area contributed by atoms with Crippen LogP contribution in [0.15, 0.2) is 48.5 Å². The molecule has 0 bridgehead atoms. The number of aryl methyl sites for hydroxylation is 1. The van der Waals surface area contributed by atoms with E-state index in [2.05, 4.69) is 31.2 Å². The van der Waals surface area contributed by atoms with Crippen LogP contribution in [0, 0.1) is 6.92 Å². The predicted octanol–water partition coefficient (Wildman–Crippen LogP) is 3.78. The number of ether oxygens (including phenoxy) is 1. The van der Waals surface area contributed by atoms with Crippen molar-refractivity contribution in [2.75, 3.05) is 17.8 Å². The van der Waals surface area contributed by atoms with E-state index in [1.165, 1.54) is 5.56 Å². The maximum atomic E-state index is 12.3. The summed E-state index contributed by atoms with van der Waals surface area (Å²) < 4.78 is 5.17. The Morgan fingerprint density at radius 2 is 1.76 bits per heavy atom. The van der Waals surface area contributed by atoms with E-state index in [9.17, 15) is 4.79 Å². The number of methoxy groups -OCH3 is 1. The number of hydrogen-bond acceptors (Lipinski definition) is 3. The van der Waals surface area contributed by atoms with Crippen molar-refractivity contribution in [3.8, 4) is 5.75 Å². The van der Waals surface area contributed by atoms with Gasteiger partial charge in [0.2, 0.25) is 5.91 Å². The van der Waals surface area contributed by atoms with Crippen molar-refractivity contribution < 1.29 is 9.53 Å². The summed E-state index contributed by atoms with van der Waals surface area (Å²) in [7, 11) is 1.64. The van der Waals surface area contributed by atoms with E-state index < -0.39 is 0 Å². The summed E-state index contributed by atoms with van der Waals surface area (Å²) in [5, 5.41) is 0.0477. The molecule has 2 aromatic rings. The van der Waals surface area contributed by atoms with Gasteiger partial charge in [0.1, 0.15) is 11.1 Å². The number of rotatable bonds is 3. The zero-order chi connectivity index (χ0) is 14.8. The zero-order valence-corrected chi connectivity index (χ0v) is 12.9. The van der Waals surface area contributed by atoms with Crippen molar-refractivity contribution in [3.63, 3.8) is 0 Å². The SMILES string of the molecule is COc1ccc(N2C(=O)CS[C@@H]2c2ccc(C)cc2)cc1. The molecule has 1 aliphatic heterocycles. The lowest BCUT2D eigenvalue weighted by atomic mass is 10.1. The molecule has 108 valence electrons. The minimum absolute atomic E-state index is 0.0477. The second kappa shape index (κ2) is 5.82. The molecule has 1 amide bonds. The Balaban J connectivity index is 1.93. The van der Waals surface area contributed by atoms with Gasteiger partial charge in [0, 0.05) is 5.69 Å². The fourth-order valence-electron chi connectivity index (χ4n) is 2.42. The summed E-state index contributed by atoms with van der Waals surface area (Å²) >= 11 is 1.67. The molecule has 0 unspecified atom stereocenters. The molecule has 0 aromatic heterocycles. The van der Waals surface area contributed by atoms with Gasteiger partial charge in [-0.3, -0.25) is 9.69 Å². The lowest BCUT2D eigenvalue weighted by Crippen LogP contribution is -2.27. The fourth-order valence-corrected chi connectivity index (χ4v) is 3.60. The molecule has 0 aliphatic carbocycles. The van der Waals surface area contributed by atoms with Crippen LogP contribution < -0.4 is 9.64 Å². The Morgan fingerprint density at radius 1 is 1.10 bits per heavy atom. The third-order valence-electron chi connectivity index (χ3n) is 3.58. The van der Waals surface area contributed by atoms with Crippen molar-refractivity contribution >= 4 is 23.4 Å². The Kier molecular flexibility index (Phi) is 3.88. The van der Waals surface area contributed by atoms with E-state index in [0.717, 1.165) is 17.0 Å². The van der Waals surface area contributed by atoms with E-state index in [-0.39, 0.29) is 11.3 Å². The van der Waals surface area contributed by atoms with Crippen LogP contribution in [-0.4, -0.2) is 18.8 Å². The molecule has 3 nitrogen and oxygen atoms in total. The standard InChI is InChI=1S/C17H17NO2S/c1-12-3-5-13(6-4-12)17-18(16(19)11-21-17)14-7-9-15(20-2)10-8-14/h3-10,17H,11H2,1-2H3/t17-/m1/s1. The molecule has 2 aromatic carbocycles. The van der Waals surface area contributed by atoms with E-state index in [4.69, 9.17) is 4.74 Å². The van der Waals surface area contributed by atoms with E-state index >= 15 is 0 Å². The average molecular weight is 299 g/mol. The van der Waals surface area contributed by atoms with Gasteiger partial charge in [0.15, 0.2) is 0 Å². The van der Waals surface area contributed by atoms with E-state index in [0.29, 0.717) is 5.75 Å². The largest absolute Gasteiger partial charge is 0.497 e. The second-order valence-electron chi connectivity index (χ2n) is 5.04. The van der Waals surface area contributed by atoms with Crippen molar-refractivity contribution in [1.82, 2.24) is 0 Å². The smallest absolute Gasteiger partial charge is 0.238 e. The summed E-state index contributed by atoms with van der Waals surface area (Å²) in [6.07, 6.45) is 0. The maximum Gasteiger partial charge on any atom is 0.238 e. The molecule has 0 radical (unpaired) electrons. The Morgan fingerprint density at radius 3 is 2.38 bits per heavy atom. The van der Waals surface area contributed by atoms with Crippen molar-refractivity contribution in [2.45, 2.75) is 12.3 Å². The monoisotopic (exact) mass is 299 g/mol.